The lowest BCUT2D eigenvalue weighted by atomic mass is 9.96. The van der Waals surface area contributed by atoms with Gasteiger partial charge in [0.1, 0.15) is 5.82 Å². The molecule has 1 aromatic rings. The summed E-state index contributed by atoms with van der Waals surface area (Å²) in [5, 5.41) is 6.48. The number of rotatable bonds is 4. The van der Waals surface area contributed by atoms with Crippen molar-refractivity contribution in [3.05, 3.63) is 35.6 Å². The molecule has 1 aromatic carbocycles. The monoisotopic (exact) mass is 278 g/mol. The maximum absolute atomic E-state index is 13.1. The minimum absolute atomic E-state index is 0.0508. The lowest BCUT2D eigenvalue weighted by molar-refractivity contribution is -0.125. The molecule has 0 aromatic heterocycles. The van der Waals surface area contributed by atoms with Crippen LogP contribution in [0.4, 0.5) is 4.39 Å². The van der Waals surface area contributed by atoms with Gasteiger partial charge in [-0.15, -0.1) is 0 Å². The van der Waals surface area contributed by atoms with E-state index in [0.717, 1.165) is 24.9 Å². The molecule has 1 amide bonds. The lowest BCUT2D eigenvalue weighted by Crippen LogP contribution is -2.53. The summed E-state index contributed by atoms with van der Waals surface area (Å²) in [4.78, 5) is 12.2. The van der Waals surface area contributed by atoms with E-state index in [9.17, 15) is 9.18 Å². The molecule has 0 radical (unpaired) electrons. The summed E-state index contributed by atoms with van der Waals surface area (Å²) in [6, 6.07) is 6.97. The summed E-state index contributed by atoms with van der Waals surface area (Å²) >= 11 is 0. The standard InChI is InChI=1S/C16H23FN2O/c1-11(9-13-5-3-6-14(17)10-13)16(20)19-15-7-4-8-18-12(15)2/h3,5-6,10-12,15,18H,4,7-9H2,1-2H3,(H,19,20). The molecule has 2 rings (SSSR count). The first-order chi connectivity index (χ1) is 9.56. The van der Waals surface area contributed by atoms with Crippen LogP contribution in [0, 0.1) is 11.7 Å². The smallest absolute Gasteiger partial charge is 0.223 e. The molecule has 3 atom stereocenters. The molecule has 3 nitrogen and oxygen atoms in total. The van der Waals surface area contributed by atoms with Gasteiger partial charge >= 0.3 is 0 Å². The minimum atomic E-state index is -0.250. The molecule has 20 heavy (non-hydrogen) atoms. The number of nitrogens with one attached hydrogen (secondary N) is 2. The van der Waals surface area contributed by atoms with Crippen LogP contribution in [0.5, 0.6) is 0 Å². The highest BCUT2D eigenvalue weighted by atomic mass is 19.1. The number of halogens is 1. The van der Waals surface area contributed by atoms with Gasteiger partial charge < -0.3 is 10.6 Å². The van der Waals surface area contributed by atoms with Gasteiger partial charge in [0.15, 0.2) is 0 Å². The van der Waals surface area contributed by atoms with Crippen molar-refractivity contribution >= 4 is 5.91 Å². The van der Waals surface area contributed by atoms with E-state index in [2.05, 4.69) is 17.6 Å². The Morgan fingerprint density at radius 2 is 2.35 bits per heavy atom. The lowest BCUT2D eigenvalue weighted by Gasteiger charge is -2.31. The number of benzene rings is 1. The highest BCUT2D eigenvalue weighted by molar-refractivity contribution is 5.79. The second-order valence-electron chi connectivity index (χ2n) is 5.74. The molecular weight excluding hydrogens is 255 g/mol. The molecule has 3 unspecified atom stereocenters. The average Bonchev–Trinajstić information content (AvgIpc) is 2.41. The summed E-state index contributed by atoms with van der Waals surface area (Å²) in [5.41, 5.74) is 0.863. The van der Waals surface area contributed by atoms with Gasteiger partial charge in [-0.1, -0.05) is 19.1 Å². The molecule has 1 aliphatic heterocycles. The van der Waals surface area contributed by atoms with Gasteiger partial charge in [-0.05, 0) is 50.4 Å². The van der Waals surface area contributed by atoms with E-state index in [1.54, 1.807) is 6.07 Å². The summed E-state index contributed by atoms with van der Waals surface area (Å²) in [6.45, 7) is 5.01. The molecule has 110 valence electrons. The number of carbonyl (C=O) groups excluding carboxylic acids is 1. The minimum Gasteiger partial charge on any atom is -0.352 e. The quantitative estimate of drug-likeness (QED) is 0.887. The fourth-order valence-corrected chi connectivity index (χ4v) is 2.68. The maximum atomic E-state index is 13.1. The van der Waals surface area contributed by atoms with Crippen LogP contribution < -0.4 is 10.6 Å². The van der Waals surface area contributed by atoms with Crippen molar-refractivity contribution < 1.29 is 9.18 Å². The largest absolute Gasteiger partial charge is 0.352 e. The summed E-state index contributed by atoms with van der Waals surface area (Å²) in [7, 11) is 0. The molecular formula is C16H23FN2O. The third kappa shape index (κ3) is 4.04. The van der Waals surface area contributed by atoms with Gasteiger partial charge in [0.25, 0.3) is 0 Å². The number of piperidine rings is 1. The zero-order chi connectivity index (χ0) is 14.5. The van der Waals surface area contributed by atoms with Crippen LogP contribution in [0.25, 0.3) is 0 Å². The molecule has 0 aliphatic carbocycles. The summed E-state index contributed by atoms with van der Waals surface area (Å²) in [6.07, 6.45) is 2.68. The third-order valence-electron chi connectivity index (χ3n) is 3.97. The van der Waals surface area contributed by atoms with Crippen molar-refractivity contribution in [3.8, 4) is 0 Å². The van der Waals surface area contributed by atoms with Crippen molar-refractivity contribution in [3.63, 3.8) is 0 Å². The van der Waals surface area contributed by atoms with Gasteiger partial charge in [-0.25, -0.2) is 4.39 Å². The Hall–Kier alpha value is -1.42. The summed E-state index contributed by atoms with van der Waals surface area (Å²) < 4.78 is 13.1. The van der Waals surface area contributed by atoms with E-state index < -0.39 is 0 Å². The second kappa shape index (κ2) is 6.84. The van der Waals surface area contributed by atoms with E-state index in [4.69, 9.17) is 0 Å². The molecule has 1 saturated heterocycles. The second-order valence-corrected chi connectivity index (χ2v) is 5.74. The molecule has 1 aliphatic rings. The topological polar surface area (TPSA) is 41.1 Å². The van der Waals surface area contributed by atoms with Crippen LogP contribution in [0.15, 0.2) is 24.3 Å². The van der Waals surface area contributed by atoms with Gasteiger partial charge in [0.2, 0.25) is 5.91 Å². The molecule has 2 N–H and O–H groups in total. The first-order valence-corrected chi connectivity index (χ1v) is 7.34. The van der Waals surface area contributed by atoms with Crippen molar-refractivity contribution in [2.24, 2.45) is 5.92 Å². The summed E-state index contributed by atoms with van der Waals surface area (Å²) in [5.74, 6) is -0.346. The zero-order valence-electron chi connectivity index (χ0n) is 12.2. The van der Waals surface area contributed by atoms with Gasteiger partial charge in [0, 0.05) is 18.0 Å². The number of carbonyl (C=O) groups is 1. The normalized spacial score (nSPS) is 24.1. The molecule has 0 bridgehead atoms. The van der Waals surface area contributed by atoms with Crippen molar-refractivity contribution in [1.82, 2.24) is 10.6 Å². The average molecular weight is 278 g/mol. The Balaban J connectivity index is 1.88. The van der Waals surface area contributed by atoms with E-state index in [1.807, 2.05) is 13.0 Å². The third-order valence-corrected chi connectivity index (χ3v) is 3.97. The first kappa shape index (κ1) is 15.0. The molecule has 4 heteroatoms. The Morgan fingerprint density at radius 3 is 3.05 bits per heavy atom. The van der Waals surface area contributed by atoms with Crippen LogP contribution in [-0.4, -0.2) is 24.5 Å². The predicted molar refractivity (Wildman–Crippen MR) is 77.9 cm³/mol. The number of hydrogen-bond acceptors (Lipinski definition) is 2. The van der Waals surface area contributed by atoms with E-state index in [0.29, 0.717) is 12.5 Å². The predicted octanol–water partition coefficient (Wildman–Crippen LogP) is 2.26. The van der Waals surface area contributed by atoms with Gasteiger partial charge in [0.05, 0.1) is 0 Å². The highest BCUT2D eigenvalue weighted by Gasteiger charge is 2.24. The van der Waals surface area contributed by atoms with Gasteiger partial charge in [-0.3, -0.25) is 4.79 Å². The van der Waals surface area contributed by atoms with E-state index in [1.165, 1.54) is 12.1 Å². The Labute approximate surface area is 120 Å². The van der Waals surface area contributed by atoms with Gasteiger partial charge in [-0.2, -0.15) is 0 Å². The van der Waals surface area contributed by atoms with Crippen molar-refractivity contribution in [2.75, 3.05) is 6.54 Å². The molecule has 0 saturated carbocycles. The fraction of sp³-hybridized carbons (Fsp3) is 0.562. The zero-order valence-corrected chi connectivity index (χ0v) is 12.2. The van der Waals surface area contributed by atoms with Crippen LogP contribution in [-0.2, 0) is 11.2 Å². The SMILES string of the molecule is CC(Cc1cccc(F)c1)C(=O)NC1CCCNC1C. The molecule has 1 heterocycles. The van der Waals surface area contributed by atoms with Crippen molar-refractivity contribution in [2.45, 2.75) is 45.2 Å². The van der Waals surface area contributed by atoms with Crippen LogP contribution in [0.2, 0.25) is 0 Å². The van der Waals surface area contributed by atoms with Crippen LogP contribution in [0.1, 0.15) is 32.3 Å². The molecule has 0 spiro atoms. The fourth-order valence-electron chi connectivity index (χ4n) is 2.68. The highest BCUT2D eigenvalue weighted by Crippen LogP contribution is 2.13. The molecule has 1 fully saturated rings. The van der Waals surface area contributed by atoms with E-state index in [-0.39, 0.29) is 23.7 Å². The Kier molecular flexibility index (Phi) is 5.12. The van der Waals surface area contributed by atoms with E-state index >= 15 is 0 Å². The Bertz CT molecular complexity index is 464. The van der Waals surface area contributed by atoms with Crippen LogP contribution >= 0.6 is 0 Å². The van der Waals surface area contributed by atoms with Crippen LogP contribution in [0.3, 0.4) is 0 Å². The van der Waals surface area contributed by atoms with Crippen molar-refractivity contribution in [1.29, 1.82) is 0 Å². The first-order valence-electron chi connectivity index (χ1n) is 7.34. The number of hydrogen-bond donors (Lipinski definition) is 2. The Morgan fingerprint density at radius 1 is 1.55 bits per heavy atom. The maximum Gasteiger partial charge on any atom is 0.223 e. The number of amides is 1.